The van der Waals surface area contributed by atoms with E-state index in [4.69, 9.17) is 0 Å². The van der Waals surface area contributed by atoms with Crippen LogP contribution in [0.1, 0.15) is 25.0 Å². The van der Waals surface area contributed by atoms with Crippen LogP contribution in [0, 0.1) is 0 Å². The normalized spacial score (nSPS) is 12.6. The fraction of sp³-hybridized carbons (Fsp3) is 0.0448. The average molecular weight is 881 g/mol. The molecule has 0 atom stereocenters. The van der Waals surface area contributed by atoms with Crippen molar-refractivity contribution >= 4 is 49.6 Å². The molecular formula is C67H48N2. The lowest BCUT2D eigenvalue weighted by molar-refractivity contribution is 0.660. The Morgan fingerprint density at radius 3 is 1.42 bits per heavy atom. The first kappa shape index (κ1) is 40.5. The maximum absolute atomic E-state index is 2.41. The lowest BCUT2D eigenvalue weighted by atomic mass is 9.82. The first-order chi connectivity index (χ1) is 34.0. The van der Waals surface area contributed by atoms with Crippen LogP contribution in [0.3, 0.4) is 0 Å². The Morgan fingerprint density at radius 2 is 0.783 bits per heavy atom. The van der Waals surface area contributed by atoms with Crippen LogP contribution < -0.4 is 4.90 Å². The van der Waals surface area contributed by atoms with E-state index in [9.17, 15) is 0 Å². The molecule has 2 nitrogen and oxygen atoms in total. The molecule has 0 radical (unpaired) electrons. The highest BCUT2D eigenvalue weighted by Gasteiger charge is 2.35. The molecule has 0 bridgehead atoms. The SMILES string of the molecule is CC1(C)c2ccccc2-c2ccc(N(c3ccc(-c4ccc(-c5ccccc5)cc4)cc3)c3ccc(-c4ccc(-c5ccc6c(c5)c5c7ccccc7ccc5n6-c5ccccc5)cc4)cc3)cc21. The molecule has 13 rings (SSSR count). The third-order valence-electron chi connectivity index (χ3n) is 14.6. The van der Waals surface area contributed by atoms with Gasteiger partial charge >= 0.3 is 0 Å². The van der Waals surface area contributed by atoms with Gasteiger partial charge < -0.3 is 9.47 Å². The third-order valence-corrected chi connectivity index (χ3v) is 14.6. The van der Waals surface area contributed by atoms with Crippen molar-refractivity contribution in [3.63, 3.8) is 0 Å². The molecule has 1 aromatic heterocycles. The molecule has 326 valence electrons. The van der Waals surface area contributed by atoms with Crippen LogP contribution in [0.5, 0.6) is 0 Å². The summed E-state index contributed by atoms with van der Waals surface area (Å²) in [6.07, 6.45) is 0. The Labute approximate surface area is 403 Å². The molecule has 0 aliphatic heterocycles. The van der Waals surface area contributed by atoms with Crippen molar-refractivity contribution < 1.29 is 0 Å². The minimum absolute atomic E-state index is 0.111. The summed E-state index contributed by atoms with van der Waals surface area (Å²) in [5, 5.41) is 5.08. The van der Waals surface area contributed by atoms with Gasteiger partial charge in [0.25, 0.3) is 0 Å². The zero-order chi connectivity index (χ0) is 46.1. The van der Waals surface area contributed by atoms with Gasteiger partial charge in [0.2, 0.25) is 0 Å². The van der Waals surface area contributed by atoms with E-state index < -0.39 is 0 Å². The molecule has 69 heavy (non-hydrogen) atoms. The monoisotopic (exact) mass is 880 g/mol. The second-order valence-electron chi connectivity index (χ2n) is 18.9. The van der Waals surface area contributed by atoms with Gasteiger partial charge in [0, 0.05) is 38.9 Å². The van der Waals surface area contributed by atoms with Crippen molar-refractivity contribution in [2.75, 3.05) is 4.90 Å². The number of para-hydroxylation sites is 1. The molecule has 0 saturated carbocycles. The molecule has 0 fully saturated rings. The van der Waals surface area contributed by atoms with E-state index in [-0.39, 0.29) is 5.41 Å². The van der Waals surface area contributed by atoms with E-state index in [1.807, 2.05) is 0 Å². The zero-order valence-corrected chi connectivity index (χ0v) is 38.6. The van der Waals surface area contributed by atoms with E-state index in [0.29, 0.717) is 0 Å². The molecular weight excluding hydrogens is 833 g/mol. The number of fused-ring (bicyclic) bond motifs is 8. The summed E-state index contributed by atoms with van der Waals surface area (Å²) in [5.41, 5.74) is 21.8. The van der Waals surface area contributed by atoms with Crippen LogP contribution in [-0.4, -0.2) is 4.57 Å². The van der Waals surface area contributed by atoms with E-state index in [1.165, 1.54) is 105 Å². The summed E-state index contributed by atoms with van der Waals surface area (Å²) in [6.45, 7) is 4.71. The Hall–Kier alpha value is -8.72. The van der Waals surface area contributed by atoms with Crippen molar-refractivity contribution in [1.82, 2.24) is 4.57 Å². The summed E-state index contributed by atoms with van der Waals surface area (Å²) in [6, 6.07) is 93.5. The Morgan fingerprint density at radius 1 is 0.319 bits per heavy atom. The van der Waals surface area contributed by atoms with Gasteiger partial charge in [0.15, 0.2) is 0 Å². The van der Waals surface area contributed by atoms with Crippen LogP contribution in [0.15, 0.2) is 255 Å². The van der Waals surface area contributed by atoms with Crippen molar-refractivity contribution in [3.8, 4) is 61.3 Å². The number of anilines is 3. The average Bonchev–Trinajstić information content (AvgIpc) is 3.87. The predicted molar refractivity (Wildman–Crippen MR) is 292 cm³/mol. The van der Waals surface area contributed by atoms with Crippen molar-refractivity contribution in [2.24, 2.45) is 0 Å². The van der Waals surface area contributed by atoms with Gasteiger partial charge in [-0.25, -0.2) is 0 Å². The summed E-state index contributed by atoms with van der Waals surface area (Å²) in [4.78, 5) is 2.41. The summed E-state index contributed by atoms with van der Waals surface area (Å²) in [7, 11) is 0. The highest BCUT2D eigenvalue weighted by molar-refractivity contribution is 6.22. The molecule has 0 N–H and O–H groups in total. The molecule has 1 aliphatic carbocycles. The van der Waals surface area contributed by atoms with Crippen LogP contribution in [0.2, 0.25) is 0 Å². The highest BCUT2D eigenvalue weighted by Crippen LogP contribution is 2.51. The van der Waals surface area contributed by atoms with Gasteiger partial charge in [-0.05, 0) is 144 Å². The van der Waals surface area contributed by atoms with E-state index in [0.717, 1.165) is 17.1 Å². The van der Waals surface area contributed by atoms with Gasteiger partial charge in [-0.2, -0.15) is 0 Å². The highest BCUT2D eigenvalue weighted by atomic mass is 15.1. The van der Waals surface area contributed by atoms with Crippen LogP contribution in [0.25, 0.3) is 93.9 Å². The van der Waals surface area contributed by atoms with Gasteiger partial charge in [0.05, 0.1) is 11.0 Å². The fourth-order valence-electron chi connectivity index (χ4n) is 11.1. The van der Waals surface area contributed by atoms with Gasteiger partial charge in [-0.1, -0.05) is 202 Å². The van der Waals surface area contributed by atoms with Crippen molar-refractivity contribution in [2.45, 2.75) is 19.3 Å². The number of nitrogens with zero attached hydrogens (tertiary/aromatic N) is 2. The van der Waals surface area contributed by atoms with Crippen molar-refractivity contribution in [1.29, 1.82) is 0 Å². The van der Waals surface area contributed by atoms with Gasteiger partial charge in [-0.15, -0.1) is 0 Å². The first-order valence-electron chi connectivity index (χ1n) is 24.0. The maximum Gasteiger partial charge on any atom is 0.0547 e. The van der Waals surface area contributed by atoms with E-state index >= 15 is 0 Å². The summed E-state index contributed by atoms with van der Waals surface area (Å²) in [5.74, 6) is 0. The number of aromatic nitrogens is 1. The van der Waals surface area contributed by atoms with Crippen LogP contribution in [0.4, 0.5) is 17.1 Å². The van der Waals surface area contributed by atoms with Gasteiger partial charge in [0.1, 0.15) is 0 Å². The molecule has 0 spiro atoms. The predicted octanol–water partition coefficient (Wildman–Crippen LogP) is 18.4. The molecule has 0 saturated heterocycles. The standard InChI is InChI=1S/C67H48N2/c1-67(2)62-20-12-11-19-59(62)60-40-39-57(44-63(60)67)68(55-35-29-49(30-36-55)47-23-21-46(22-24-47)45-13-5-3-6-14-45)56-37-31-50(32-38-56)48-25-27-51(28-26-48)53-34-41-64-61(43-53)66-58-18-10-9-15-52(58)33-42-65(66)69(64)54-16-7-4-8-17-54/h3-44H,1-2H3. The summed E-state index contributed by atoms with van der Waals surface area (Å²) >= 11 is 0. The molecule has 0 amide bonds. The fourth-order valence-corrected chi connectivity index (χ4v) is 11.1. The van der Waals surface area contributed by atoms with E-state index in [2.05, 4.69) is 278 Å². The molecule has 1 heterocycles. The summed E-state index contributed by atoms with van der Waals surface area (Å²) < 4.78 is 2.40. The Bertz CT molecular complexity index is 3860. The quantitative estimate of drug-likeness (QED) is 0.148. The Kier molecular flexibility index (Phi) is 9.55. The maximum atomic E-state index is 2.41. The van der Waals surface area contributed by atoms with Crippen LogP contribution >= 0.6 is 0 Å². The molecule has 1 aliphatic rings. The largest absolute Gasteiger partial charge is 0.310 e. The van der Waals surface area contributed by atoms with E-state index in [1.54, 1.807) is 0 Å². The van der Waals surface area contributed by atoms with Crippen molar-refractivity contribution in [3.05, 3.63) is 266 Å². The molecule has 12 aromatic rings. The second-order valence-corrected chi connectivity index (χ2v) is 18.9. The number of hydrogen-bond acceptors (Lipinski definition) is 1. The molecule has 11 aromatic carbocycles. The smallest absolute Gasteiger partial charge is 0.0547 e. The molecule has 2 heteroatoms. The zero-order valence-electron chi connectivity index (χ0n) is 38.6. The second kappa shape index (κ2) is 16.3. The minimum Gasteiger partial charge on any atom is -0.310 e. The molecule has 0 unspecified atom stereocenters. The lowest BCUT2D eigenvalue weighted by Crippen LogP contribution is -2.16. The third kappa shape index (κ3) is 6.87. The number of hydrogen-bond donors (Lipinski definition) is 0. The number of benzene rings is 11. The minimum atomic E-state index is -0.111. The van der Waals surface area contributed by atoms with Gasteiger partial charge in [-0.3, -0.25) is 0 Å². The first-order valence-corrected chi connectivity index (χ1v) is 24.0. The number of rotatable bonds is 8. The Balaban J connectivity index is 0.841. The van der Waals surface area contributed by atoms with Crippen LogP contribution in [-0.2, 0) is 5.41 Å². The lowest BCUT2D eigenvalue weighted by Gasteiger charge is -2.28. The topological polar surface area (TPSA) is 8.17 Å².